The van der Waals surface area contributed by atoms with Gasteiger partial charge in [-0.3, -0.25) is 14.6 Å². The molecule has 1 aliphatic carbocycles. The number of hydrogen-bond donors (Lipinski definition) is 0. The predicted molar refractivity (Wildman–Crippen MR) is 138 cm³/mol. The summed E-state index contributed by atoms with van der Waals surface area (Å²) < 4.78 is 0. The minimum Gasteiger partial charge on any atom is -0.343 e. The van der Waals surface area contributed by atoms with Gasteiger partial charge >= 0.3 is 0 Å². The van der Waals surface area contributed by atoms with Gasteiger partial charge < -0.3 is 9.80 Å². The van der Waals surface area contributed by atoms with Gasteiger partial charge in [-0.05, 0) is 78.8 Å². The van der Waals surface area contributed by atoms with Crippen LogP contribution in [0.2, 0.25) is 0 Å². The van der Waals surface area contributed by atoms with Gasteiger partial charge in [0.2, 0.25) is 5.91 Å². The number of benzene rings is 1. The summed E-state index contributed by atoms with van der Waals surface area (Å²) in [6, 6.07) is 18.4. The number of hydrogen-bond acceptors (Lipinski definition) is 4. The third-order valence-corrected chi connectivity index (χ3v) is 9.33. The summed E-state index contributed by atoms with van der Waals surface area (Å²) >= 11 is 1.52. The first-order valence-electron chi connectivity index (χ1n) is 12.7. The molecule has 6 heteroatoms. The quantitative estimate of drug-likeness (QED) is 0.519. The van der Waals surface area contributed by atoms with Gasteiger partial charge in [0.15, 0.2) is 0 Å². The standard InChI is InChI=1S/C29H31N3O2S/c33-27(19-21-17-22-5-1-2-6-23(22)18-21)31-14-10-29(11-15-31)12-16-32(20-29)28(34)26-9-8-25(35-26)24-7-3-4-13-30-24/h1-9,13,21H,10-12,14-20H2. The van der Waals surface area contributed by atoms with E-state index in [1.54, 1.807) is 6.20 Å². The van der Waals surface area contributed by atoms with E-state index in [1.807, 2.05) is 35.2 Å². The van der Waals surface area contributed by atoms with Crippen molar-refractivity contribution in [3.63, 3.8) is 0 Å². The van der Waals surface area contributed by atoms with Crippen LogP contribution in [-0.2, 0) is 17.6 Å². The van der Waals surface area contributed by atoms with Gasteiger partial charge in [0.05, 0.1) is 15.4 Å². The van der Waals surface area contributed by atoms with Gasteiger partial charge in [-0.1, -0.05) is 30.3 Å². The lowest BCUT2D eigenvalue weighted by Crippen LogP contribution is -2.45. The first kappa shape index (κ1) is 22.5. The Morgan fingerprint density at radius 3 is 2.26 bits per heavy atom. The van der Waals surface area contributed by atoms with Crippen molar-refractivity contribution >= 4 is 23.2 Å². The van der Waals surface area contributed by atoms with E-state index >= 15 is 0 Å². The maximum absolute atomic E-state index is 13.2. The van der Waals surface area contributed by atoms with Gasteiger partial charge in [-0.2, -0.15) is 0 Å². The molecule has 0 atom stereocenters. The zero-order valence-corrected chi connectivity index (χ0v) is 20.8. The molecule has 0 bridgehead atoms. The molecular weight excluding hydrogens is 454 g/mol. The first-order chi connectivity index (χ1) is 17.1. The highest BCUT2D eigenvalue weighted by Gasteiger charge is 2.43. The lowest BCUT2D eigenvalue weighted by Gasteiger charge is -2.39. The lowest BCUT2D eigenvalue weighted by atomic mass is 9.77. The second-order valence-corrected chi connectivity index (χ2v) is 11.6. The molecule has 0 N–H and O–H groups in total. The van der Waals surface area contributed by atoms with Crippen molar-refractivity contribution < 1.29 is 9.59 Å². The molecule has 2 saturated heterocycles. The summed E-state index contributed by atoms with van der Waals surface area (Å²) in [5.41, 5.74) is 3.90. The van der Waals surface area contributed by atoms with E-state index in [-0.39, 0.29) is 11.3 Å². The van der Waals surface area contributed by atoms with E-state index in [2.05, 4.69) is 34.1 Å². The molecule has 3 aromatic rings. The highest BCUT2D eigenvalue weighted by molar-refractivity contribution is 7.17. The van der Waals surface area contributed by atoms with Crippen LogP contribution in [0.25, 0.3) is 10.6 Å². The number of carbonyl (C=O) groups is 2. The normalized spacial score (nSPS) is 19.3. The Kier molecular flexibility index (Phi) is 5.93. The summed E-state index contributed by atoms with van der Waals surface area (Å²) in [6.45, 7) is 3.26. The van der Waals surface area contributed by atoms with Gasteiger partial charge in [0.1, 0.15) is 0 Å². The van der Waals surface area contributed by atoms with Gasteiger partial charge in [0, 0.05) is 38.8 Å². The minimum atomic E-state index is 0.133. The average molecular weight is 486 g/mol. The number of carbonyl (C=O) groups excluding carboxylic acids is 2. The molecule has 6 rings (SSSR count). The van der Waals surface area contributed by atoms with Crippen molar-refractivity contribution in [3.05, 3.63) is 76.8 Å². The van der Waals surface area contributed by atoms with Crippen molar-refractivity contribution in [2.24, 2.45) is 11.3 Å². The topological polar surface area (TPSA) is 53.5 Å². The van der Waals surface area contributed by atoms with Crippen LogP contribution in [0.4, 0.5) is 0 Å². The Hall–Kier alpha value is -2.99. The molecule has 5 nitrogen and oxygen atoms in total. The van der Waals surface area contributed by atoms with E-state index in [4.69, 9.17) is 0 Å². The zero-order chi connectivity index (χ0) is 23.8. The van der Waals surface area contributed by atoms with Crippen LogP contribution < -0.4 is 0 Å². The molecule has 180 valence electrons. The molecule has 3 aliphatic rings. The summed E-state index contributed by atoms with van der Waals surface area (Å²) in [4.78, 5) is 36.6. The van der Waals surface area contributed by atoms with Crippen LogP contribution >= 0.6 is 11.3 Å². The van der Waals surface area contributed by atoms with Crippen molar-refractivity contribution in [3.8, 4) is 10.6 Å². The molecule has 4 heterocycles. The molecule has 2 amide bonds. The molecule has 2 fully saturated rings. The number of aromatic nitrogens is 1. The Bertz CT molecular complexity index is 1200. The number of nitrogens with zero attached hydrogens (tertiary/aromatic N) is 3. The fraction of sp³-hybridized carbons (Fsp3) is 0.414. The number of amides is 2. The summed E-state index contributed by atoms with van der Waals surface area (Å²) in [5, 5.41) is 0. The SMILES string of the molecule is O=C(CC1Cc2ccccc2C1)N1CCC2(CC1)CCN(C(=O)c1ccc(-c3ccccn3)s1)C2. The van der Waals surface area contributed by atoms with Crippen molar-refractivity contribution in [1.82, 2.24) is 14.8 Å². The highest BCUT2D eigenvalue weighted by atomic mass is 32.1. The van der Waals surface area contributed by atoms with Crippen LogP contribution in [0, 0.1) is 11.3 Å². The van der Waals surface area contributed by atoms with E-state index in [0.717, 1.165) is 73.7 Å². The van der Waals surface area contributed by atoms with Crippen LogP contribution in [0.15, 0.2) is 60.8 Å². The molecule has 1 aromatic carbocycles. The molecule has 0 unspecified atom stereocenters. The maximum Gasteiger partial charge on any atom is 0.263 e. The second kappa shape index (κ2) is 9.23. The van der Waals surface area contributed by atoms with Gasteiger partial charge in [-0.15, -0.1) is 11.3 Å². The molecule has 1 spiro atoms. The number of thiophene rings is 1. The molecule has 2 aliphatic heterocycles. The first-order valence-corrected chi connectivity index (χ1v) is 13.6. The third kappa shape index (κ3) is 4.52. The minimum absolute atomic E-state index is 0.133. The van der Waals surface area contributed by atoms with Crippen LogP contribution in [0.5, 0.6) is 0 Å². The number of piperidine rings is 1. The maximum atomic E-state index is 13.2. The number of fused-ring (bicyclic) bond motifs is 1. The Morgan fingerprint density at radius 1 is 0.886 bits per heavy atom. The third-order valence-electron chi connectivity index (χ3n) is 8.24. The smallest absolute Gasteiger partial charge is 0.263 e. The number of rotatable bonds is 4. The van der Waals surface area contributed by atoms with E-state index in [9.17, 15) is 9.59 Å². The molecular formula is C29H31N3O2S. The van der Waals surface area contributed by atoms with Crippen LogP contribution in [-0.4, -0.2) is 52.8 Å². The average Bonchev–Trinajstić information content (AvgIpc) is 3.63. The fourth-order valence-corrected chi connectivity index (χ4v) is 7.12. The van der Waals surface area contributed by atoms with Gasteiger partial charge in [0.25, 0.3) is 5.91 Å². The Labute approximate surface area is 210 Å². The van der Waals surface area contributed by atoms with Crippen LogP contribution in [0.1, 0.15) is 46.5 Å². The van der Waals surface area contributed by atoms with Crippen LogP contribution in [0.3, 0.4) is 0 Å². The van der Waals surface area contributed by atoms with Crippen molar-refractivity contribution in [1.29, 1.82) is 0 Å². The fourth-order valence-electron chi connectivity index (χ4n) is 6.17. The lowest BCUT2D eigenvalue weighted by molar-refractivity contribution is -0.134. The van der Waals surface area contributed by atoms with Crippen molar-refractivity contribution in [2.75, 3.05) is 26.2 Å². The predicted octanol–water partition coefficient (Wildman–Crippen LogP) is 5.07. The molecule has 2 aromatic heterocycles. The van der Waals surface area contributed by atoms with Crippen molar-refractivity contribution in [2.45, 2.75) is 38.5 Å². The Morgan fingerprint density at radius 2 is 1.57 bits per heavy atom. The molecule has 0 radical (unpaired) electrons. The summed E-state index contributed by atoms with van der Waals surface area (Å²) in [5.74, 6) is 0.884. The summed E-state index contributed by atoms with van der Waals surface area (Å²) in [7, 11) is 0. The largest absolute Gasteiger partial charge is 0.343 e. The van der Waals surface area contributed by atoms with E-state index < -0.39 is 0 Å². The zero-order valence-electron chi connectivity index (χ0n) is 20.0. The van der Waals surface area contributed by atoms with E-state index in [1.165, 1.54) is 22.5 Å². The summed E-state index contributed by atoms with van der Waals surface area (Å²) in [6.07, 6.45) is 7.53. The van der Waals surface area contributed by atoms with E-state index in [0.29, 0.717) is 18.2 Å². The monoisotopic (exact) mass is 485 g/mol. The second-order valence-electron chi connectivity index (χ2n) is 10.5. The van der Waals surface area contributed by atoms with Gasteiger partial charge in [-0.25, -0.2) is 0 Å². The number of pyridine rings is 1. The Balaban J connectivity index is 1.02. The molecule has 35 heavy (non-hydrogen) atoms. The number of likely N-dealkylation sites (tertiary alicyclic amines) is 2. The highest BCUT2D eigenvalue weighted by Crippen LogP contribution is 2.42. The molecule has 0 saturated carbocycles.